The summed E-state index contributed by atoms with van der Waals surface area (Å²) in [5, 5.41) is 5.32. The zero-order chi connectivity index (χ0) is 24.4. The van der Waals surface area contributed by atoms with Crippen molar-refractivity contribution in [1.82, 2.24) is 24.8 Å². The molecule has 1 fully saturated rings. The van der Waals surface area contributed by atoms with E-state index in [1.54, 1.807) is 6.92 Å². The molecular formula is C27H30N6O2. The van der Waals surface area contributed by atoms with Gasteiger partial charge in [-0.05, 0) is 48.4 Å². The van der Waals surface area contributed by atoms with Crippen molar-refractivity contribution < 1.29 is 9.59 Å². The summed E-state index contributed by atoms with van der Waals surface area (Å²) in [6, 6.07) is 13.9. The first-order valence-corrected chi connectivity index (χ1v) is 12.0. The zero-order valence-electron chi connectivity index (χ0n) is 20.1. The molecule has 2 aromatic heterocycles. The van der Waals surface area contributed by atoms with Gasteiger partial charge in [-0.25, -0.2) is 4.98 Å². The number of H-pyrrole nitrogens is 1. The Labute approximate surface area is 204 Å². The molecule has 3 heterocycles. The summed E-state index contributed by atoms with van der Waals surface area (Å²) >= 11 is 0. The Morgan fingerprint density at radius 1 is 1.11 bits per heavy atom. The summed E-state index contributed by atoms with van der Waals surface area (Å²) < 4.78 is 0. The van der Waals surface area contributed by atoms with Gasteiger partial charge in [0.2, 0.25) is 11.8 Å². The number of aromatic nitrogens is 3. The minimum absolute atomic E-state index is 0.0672. The monoisotopic (exact) mass is 470 g/mol. The number of pyridine rings is 1. The molecule has 2 aromatic carbocycles. The molecule has 35 heavy (non-hydrogen) atoms. The molecule has 8 heteroatoms. The molecule has 0 saturated carbocycles. The fourth-order valence-electron chi connectivity index (χ4n) is 5.01. The van der Waals surface area contributed by atoms with E-state index in [-0.39, 0.29) is 24.3 Å². The van der Waals surface area contributed by atoms with Crippen LogP contribution in [0.4, 0.5) is 5.69 Å². The second-order valence-corrected chi connectivity index (χ2v) is 9.39. The van der Waals surface area contributed by atoms with Gasteiger partial charge in [0.1, 0.15) is 5.82 Å². The van der Waals surface area contributed by atoms with Crippen molar-refractivity contribution in [3.05, 3.63) is 66.2 Å². The van der Waals surface area contributed by atoms with E-state index in [9.17, 15) is 9.59 Å². The maximum Gasteiger partial charge on any atom is 0.238 e. The van der Waals surface area contributed by atoms with E-state index in [0.29, 0.717) is 19.6 Å². The topological polar surface area (TPSA) is 94.2 Å². The fourth-order valence-corrected chi connectivity index (χ4v) is 5.01. The van der Waals surface area contributed by atoms with Crippen molar-refractivity contribution in [2.45, 2.75) is 20.3 Å². The largest absolute Gasteiger partial charge is 0.342 e. The maximum absolute atomic E-state index is 12.9. The average molecular weight is 471 g/mol. The number of imidazole rings is 1. The molecule has 180 valence electrons. The number of nitrogens with zero attached hydrogens (tertiary/aromatic N) is 4. The number of carbonyl (C=O) groups is 2. The summed E-state index contributed by atoms with van der Waals surface area (Å²) in [7, 11) is 0. The number of aromatic amines is 1. The number of rotatable bonds is 5. The molecule has 0 aliphatic carbocycles. The maximum atomic E-state index is 12.9. The third-order valence-corrected chi connectivity index (χ3v) is 6.64. The van der Waals surface area contributed by atoms with Crippen molar-refractivity contribution in [1.29, 1.82) is 0 Å². The first kappa shape index (κ1) is 23.0. The normalized spacial score (nSPS) is 17.0. The SMILES string of the molecule is CC(=O)N1CCN(CC(=O)Nc2ccc3nc(C)[nH]c3c2)C[C@H](Cc2cncc3ccccc23)C1. The molecule has 1 atom stereocenters. The molecule has 0 radical (unpaired) electrons. The lowest BCUT2D eigenvalue weighted by Crippen LogP contribution is -2.37. The molecule has 2 N–H and O–H groups in total. The van der Waals surface area contributed by atoms with Gasteiger partial charge in [0, 0.05) is 56.6 Å². The summed E-state index contributed by atoms with van der Waals surface area (Å²) in [4.78, 5) is 41.3. The number of carbonyl (C=O) groups excluding carboxylic acids is 2. The van der Waals surface area contributed by atoms with E-state index in [2.05, 4.69) is 37.3 Å². The first-order valence-electron chi connectivity index (χ1n) is 12.0. The van der Waals surface area contributed by atoms with Crippen LogP contribution in [-0.4, -0.2) is 69.3 Å². The Bertz CT molecular complexity index is 1380. The second-order valence-electron chi connectivity index (χ2n) is 9.39. The van der Waals surface area contributed by atoms with Gasteiger partial charge in [-0.15, -0.1) is 0 Å². The number of amides is 2. The number of hydrogen-bond donors (Lipinski definition) is 2. The van der Waals surface area contributed by atoms with Crippen LogP contribution >= 0.6 is 0 Å². The van der Waals surface area contributed by atoms with Crippen molar-refractivity contribution >= 4 is 39.3 Å². The van der Waals surface area contributed by atoms with E-state index >= 15 is 0 Å². The van der Waals surface area contributed by atoms with E-state index in [4.69, 9.17) is 0 Å². The smallest absolute Gasteiger partial charge is 0.238 e. The predicted octanol–water partition coefficient (Wildman–Crippen LogP) is 3.38. The number of aryl methyl sites for hydroxylation is 1. The van der Waals surface area contributed by atoms with Gasteiger partial charge in [0.15, 0.2) is 0 Å². The summed E-state index contributed by atoms with van der Waals surface area (Å²) in [5.74, 6) is 1.05. The first-order chi connectivity index (χ1) is 16.9. The van der Waals surface area contributed by atoms with E-state index in [0.717, 1.165) is 40.9 Å². The quantitative estimate of drug-likeness (QED) is 0.466. The zero-order valence-corrected chi connectivity index (χ0v) is 20.1. The van der Waals surface area contributed by atoms with Gasteiger partial charge in [-0.2, -0.15) is 0 Å². The van der Waals surface area contributed by atoms with E-state index < -0.39 is 0 Å². The van der Waals surface area contributed by atoms with Gasteiger partial charge in [-0.3, -0.25) is 19.5 Å². The Morgan fingerprint density at radius 3 is 2.83 bits per heavy atom. The Morgan fingerprint density at radius 2 is 1.97 bits per heavy atom. The summed E-state index contributed by atoms with van der Waals surface area (Å²) in [6.07, 6.45) is 4.61. The third kappa shape index (κ3) is 5.33. The Hall–Kier alpha value is -3.78. The number of hydrogen-bond acceptors (Lipinski definition) is 5. The molecule has 4 aromatic rings. The lowest BCUT2D eigenvalue weighted by Gasteiger charge is -2.24. The lowest BCUT2D eigenvalue weighted by atomic mass is 9.96. The second kappa shape index (κ2) is 9.84. The van der Waals surface area contributed by atoms with Gasteiger partial charge >= 0.3 is 0 Å². The molecule has 5 rings (SSSR count). The van der Waals surface area contributed by atoms with Crippen LogP contribution in [0.1, 0.15) is 18.3 Å². The molecule has 2 amide bonds. The molecule has 0 spiro atoms. The number of benzene rings is 2. The van der Waals surface area contributed by atoms with E-state index in [1.807, 2.05) is 54.5 Å². The third-order valence-electron chi connectivity index (χ3n) is 6.64. The molecular weight excluding hydrogens is 440 g/mol. The van der Waals surface area contributed by atoms with Crippen LogP contribution in [-0.2, 0) is 16.0 Å². The lowest BCUT2D eigenvalue weighted by molar-refractivity contribution is -0.129. The fraction of sp³-hybridized carbons (Fsp3) is 0.333. The van der Waals surface area contributed by atoms with Crippen molar-refractivity contribution in [2.75, 3.05) is 38.0 Å². The molecule has 1 saturated heterocycles. The molecule has 0 bridgehead atoms. The minimum atomic E-state index is -0.0672. The van der Waals surface area contributed by atoms with Gasteiger partial charge in [-0.1, -0.05) is 24.3 Å². The Kier molecular flexibility index (Phi) is 6.46. The van der Waals surface area contributed by atoms with Gasteiger partial charge in [0.05, 0.1) is 17.6 Å². The number of nitrogens with one attached hydrogen (secondary N) is 2. The van der Waals surface area contributed by atoms with Crippen LogP contribution in [0.2, 0.25) is 0 Å². The Balaban J connectivity index is 1.29. The number of anilines is 1. The van der Waals surface area contributed by atoms with Crippen LogP contribution in [0.3, 0.4) is 0 Å². The minimum Gasteiger partial charge on any atom is -0.342 e. The average Bonchev–Trinajstić information content (AvgIpc) is 3.08. The standard InChI is InChI=1S/C27H30N6O2/c1-18-29-25-8-7-23(12-26(25)30-18)31-27(35)17-32-9-10-33(19(2)34)16-20(15-32)11-22-14-28-13-21-5-3-4-6-24(21)22/h3-8,12-14,20H,9-11,15-17H2,1-2H3,(H,29,30)(H,31,35)/t20-/m0/s1. The van der Waals surface area contributed by atoms with Crippen LogP contribution in [0.5, 0.6) is 0 Å². The van der Waals surface area contributed by atoms with Crippen molar-refractivity contribution in [3.8, 4) is 0 Å². The predicted molar refractivity (Wildman–Crippen MR) is 137 cm³/mol. The van der Waals surface area contributed by atoms with E-state index in [1.165, 1.54) is 10.9 Å². The van der Waals surface area contributed by atoms with Crippen LogP contribution in [0.15, 0.2) is 54.9 Å². The summed E-state index contributed by atoms with van der Waals surface area (Å²) in [6.45, 7) is 6.49. The number of fused-ring (bicyclic) bond motifs is 2. The highest BCUT2D eigenvalue weighted by atomic mass is 16.2. The van der Waals surface area contributed by atoms with Crippen LogP contribution in [0, 0.1) is 12.8 Å². The van der Waals surface area contributed by atoms with Crippen molar-refractivity contribution in [2.24, 2.45) is 5.92 Å². The molecule has 1 aliphatic heterocycles. The van der Waals surface area contributed by atoms with Gasteiger partial charge in [0.25, 0.3) is 0 Å². The highest BCUT2D eigenvalue weighted by molar-refractivity contribution is 5.94. The summed E-state index contributed by atoms with van der Waals surface area (Å²) in [5.41, 5.74) is 3.69. The van der Waals surface area contributed by atoms with Crippen LogP contribution < -0.4 is 5.32 Å². The highest BCUT2D eigenvalue weighted by Crippen LogP contribution is 2.23. The highest BCUT2D eigenvalue weighted by Gasteiger charge is 2.26. The van der Waals surface area contributed by atoms with Crippen molar-refractivity contribution in [3.63, 3.8) is 0 Å². The molecule has 0 unspecified atom stereocenters. The van der Waals surface area contributed by atoms with Crippen LogP contribution in [0.25, 0.3) is 21.8 Å². The van der Waals surface area contributed by atoms with Gasteiger partial charge < -0.3 is 15.2 Å². The molecule has 8 nitrogen and oxygen atoms in total. The molecule has 1 aliphatic rings.